The molecule has 0 unspecified atom stereocenters. The van der Waals surface area contributed by atoms with Gasteiger partial charge in [-0.25, -0.2) is 9.78 Å². The lowest BCUT2D eigenvalue weighted by atomic mass is 9.77. The predicted molar refractivity (Wildman–Crippen MR) is 127 cm³/mol. The number of imidazole rings is 1. The van der Waals surface area contributed by atoms with Crippen LogP contribution in [0.25, 0.3) is 22.6 Å². The molecule has 2 fully saturated rings. The Morgan fingerprint density at radius 2 is 1.78 bits per heavy atom. The van der Waals surface area contributed by atoms with Gasteiger partial charge >= 0.3 is 12.1 Å². The molecule has 2 N–H and O–H groups in total. The van der Waals surface area contributed by atoms with Gasteiger partial charge in [0.2, 0.25) is 0 Å². The van der Waals surface area contributed by atoms with E-state index in [1.54, 1.807) is 18.6 Å². The molecular formula is C25H26F3N5O4. The van der Waals surface area contributed by atoms with Gasteiger partial charge in [0, 0.05) is 48.4 Å². The molecule has 0 atom stereocenters. The Morgan fingerprint density at radius 3 is 2.32 bits per heavy atom. The molecule has 0 saturated carbocycles. The van der Waals surface area contributed by atoms with E-state index in [9.17, 15) is 18.0 Å². The first-order chi connectivity index (χ1) is 17.5. The fourth-order valence-corrected chi connectivity index (χ4v) is 4.17. The minimum atomic E-state index is -5.08. The monoisotopic (exact) mass is 517 g/mol. The minimum Gasteiger partial charge on any atom is -0.475 e. The second-order valence-electron chi connectivity index (χ2n) is 9.28. The number of alkyl halides is 3. The molecule has 37 heavy (non-hydrogen) atoms. The smallest absolute Gasteiger partial charge is 0.475 e. The second kappa shape index (κ2) is 10.3. The third-order valence-electron chi connectivity index (χ3n) is 6.62. The third-order valence-corrected chi connectivity index (χ3v) is 6.62. The molecule has 0 aromatic carbocycles. The molecule has 5 rings (SSSR count). The Bertz CT molecular complexity index is 1270. The van der Waals surface area contributed by atoms with E-state index in [0.29, 0.717) is 11.0 Å². The van der Waals surface area contributed by atoms with Gasteiger partial charge in [-0.2, -0.15) is 13.2 Å². The number of aryl methyl sites for hydroxylation is 2. The number of aromatic amines is 1. The van der Waals surface area contributed by atoms with E-state index in [1.807, 2.05) is 36.9 Å². The zero-order valence-corrected chi connectivity index (χ0v) is 20.3. The predicted octanol–water partition coefficient (Wildman–Crippen LogP) is 4.04. The Labute approximate surface area is 210 Å². The number of carboxylic acid groups (broad SMARTS) is 1. The molecule has 2 aliphatic heterocycles. The molecule has 9 nitrogen and oxygen atoms in total. The van der Waals surface area contributed by atoms with Crippen LogP contribution in [0.5, 0.6) is 0 Å². The van der Waals surface area contributed by atoms with E-state index in [0.717, 1.165) is 73.2 Å². The number of halogens is 3. The standard InChI is InChI=1S/C23H25N5O2.C2HF3O2/c1-15-16(2)27-21(26-15)20-10-17(3-6-25-20)18-9-19(12-24-11-18)22(29)28-7-4-23(5-8-28)13-30-14-23;3-2(4,5)1(6)7/h3,6,9-12H,4-5,7-8,13-14H2,1-2H3,(H,26,27);(H,6,7). The number of likely N-dealkylation sites (tertiary alicyclic amines) is 1. The number of carboxylic acids is 1. The summed E-state index contributed by atoms with van der Waals surface area (Å²) in [7, 11) is 0. The zero-order valence-electron chi connectivity index (χ0n) is 20.3. The summed E-state index contributed by atoms with van der Waals surface area (Å²) in [5.41, 5.74) is 5.54. The fraction of sp³-hybridized carbons (Fsp3) is 0.400. The average Bonchev–Trinajstić information content (AvgIpc) is 3.21. The lowest BCUT2D eigenvalue weighted by Gasteiger charge is -2.47. The number of carbonyl (C=O) groups excluding carboxylic acids is 1. The van der Waals surface area contributed by atoms with Crippen molar-refractivity contribution in [3.05, 3.63) is 53.7 Å². The normalized spacial score (nSPS) is 16.5. The van der Waals surface area contributed by atoms with Crippen LogP contribution >= 0.6 is 0 Å². The van der Waals surface area contributed by atoms with E-state index in [-0.39, 0.29) is 5.91 Å². The molecule has 0 radical (unpaired) electrons. The highest BCUT2D eigenvalue weighted by Crippen LogP contribution is 2.38. The highest BCUT2D eigenvalue weighted by Gasteiger charge is 2.42. The van der Waals surface area contributed by atoms with Crippen LogP contribution < -0.4 is 0 Å². The van der Waals surface area contributed by atoms with Crippen molar-refractivity contribution in [1.82, 2.24) is 24.8 Å². The number of nitrogens with zero attached hydrogens (tertiary/aromatic N) is 4. The van der Waals surface area contributed by atoms with Gasteiger partial charge in [0.15, 0.2) is 5.82 Å². The van der Waals surface area contributed by atoms with E-state index < -0.39 is 12.1 Å². The molecule has 3 aromatic rings. The van der Waals surface area contributed by atoms with Gasteiger partial charge < -0.3 is 19.7 Å². The molecule has 12 heteroatoms. The molecule has 1 amide bonds. The van der Waals surface area contributed by atoms with Crippen molar-refractivity contribution >= 4 is 11.9 Å². The van der Waals surface area contributed by atoms with Crippen molar-refractivity contribution in [2.24, 2.45) is 5.41 Å². The van der Waals surface area contributed by atoms with Crippen LogP contribution in [0.15, 0.2) is 36.8 Å². The van der Waals surface area contributed by atoms with Crippen LogP contribution in [0.1, 0.15) is 34.6 Å². The van der Waals surface area contributed by atoms with Crippen molar-refractivity contribution in [2.45, 2.75) is 32.9 Å². The zero-order chi connectivity index (χ0) is 26.8. The SMILES string of the molecule is Cc1nc(-c2cc(-c3cncc(C(=O)N4CCC5(CC4)COC5)c3)ccn2)[nH]c1C.O=C(O)C(F)(F)F. The summed E-state index contributed by atoms with van der Waals surface area (Å²) in [6.07, 6.45) is 2.15. The number of rotatable bonds is 3. The van der Waals surface area contributed by atoms with Crippen molar-refractivity contribution in [3.8, 4) is 22.6 Å². The van der Waals surface area contributed by atoms with Gasteiger partial charge in [-0.05, 0) is 50.5 Å². The lowest BCUT2D eigenvalue weighted by Crippen LogP contribution is -2.52. The molecule has 2 saturated heterocycles. The topological polar surface area (TPSA) is 121 Å². The summed E-state index contributed by atoms with van der Waals surface area (Å²) < 4.78 is 37.1. The van der Waals surface area contributed by atoms with Gasteiger partial charge in [-0.3, -0.25) is 14.8 Å². The van der Waals surface area contributed by atoms with E-state index in [2.05, 4.69) is 19.9 Å². The number of amides is 1. The summed E-state index contributed by atoms with van der Waals surface area (Å²) in [6.45, 7) is 7.20. The Balaban J connectivity index is 0.000000405. The maximum absolute atomic E-state index is 13.1. The van der Waals surface area contributed by atoms with Gasteiger partial charge in [-0.1, -0.05) is 0 Å². The summed E-state index contributed by atoms with van der Waals surface area (Å²) in [5.74, 6) is -1.97. The maximum Gasteiger partial charge on any atom is 0.490 e. The quantitative estimate of drug-likeness (QED) is 0.538. The highest BCUT2D eigenvalue weighted by molar-refractivity contribution is 5.95. The Morgan fingerprint density at radius 1 is 1.11 bits per heavy atom. The van der Waals surface area contributed by atoms with Crippen molar-refractivity contribution in [2.75, 3.05) is 26.3 Å². The number of H-pyrrole nitrogens is 1. The summed E-state index contributed by atoms with van der Waals surface area (Å²) in [5, 5.41) is 7.12. The molecule has 0 aliphatic carbocycles. The number of aliphatic carboxylic acids is 1. The first kappa shape index (κ1) is 26.3. The van der Waals surface area contributed by atoms with Crippen LogP contribution in [0.3, 0.4) is 0 Å². The van der Waals surface area contributed by atoms with Crippen LogP contribution in [0.4, 0.5) is 13.2 Å². The van der Waals surface area contributed by atoms with Crippen LogP contribution in [0, 0.1) is 19.3 Å². The van der Waals surface area contributed by atoms with Crippen molar-refractivity contribution in [3.63, 3.8) is 0 Å². The molecular weight excluding hydrogens is 491 g/mol. The number of pyridine rings is 2. The van der Waals surface area contributed by atoms with Gasteiger partial charge in [-0.15, -0.1) is 0 Å². The summed E-state index contributed by atoms with van der Waals surface area (Å²) in [4.78, 5) is 40.5. The van der Waals surface area contributed by atoms with Crippen LogP contribution in [-0.4, -0.2) is 74.3 Å². The number of ether oxygens (including phenoxy) is 1. The molecule has 196 valence electrons. The summed E-state index contributed by atoms with van der Waals surface area (Å²) >= 11 is 0. The Kier molecular flexibility index (Phi) is 7.30. The maximum atomic E-state index is 13.1. The van der Waals surface area contributed by atoms with Gasteiger partial charge in [0.25, 0.3) is 5.91 Å². The van der Waals surface area contributed by atoms with Gasteiger partial charge in [0.05, 0.1) is 24.5 Å². The number of hydrogen-bond donors (Lipinski definition) is 2. The van der Waals surface area contributed by atoms with Crippen LogP contribution in [0.2, 0.25) is 0 Å². The molecule has 3 aromatic heterocycles. The number of nitrogens with one attached hydrogen (secondary N) is 1. The van der Waals surface area contributed by atoms with Crippen LogP contribution in [-0.2, 0) is 9.53 Å². The Hall–Kier alpha value is -3.80. The molecule has 5 heterocycles. The van der Waals surface area contributed by atoms with E-state index in [4.69, 9.17) is 14.6 Å². The third kappa shape index (κ3) is 5.96. The first-order valence-electron chi connectivity index (χ1n) is 11.6. The van der Waals surface area contributed by atoms with E-state index >= 15 is 0 Å². The molecule has 2 aliphatic rings. The largest absolute Gasteiger partial charge is 0.490 e. The fourth-order valence-electron chi connectivity index (χ4n) is 4.17. The summed E-state index contributed by atoms with van der Waals surface area (Å²) in [6, 6.07) is 5.83. The number of piperidine rings is 1. The highest BCUT2D eigenvalue weighted by atomic mass is 19.4. The molecule has 1 spiro atoms. The number of aromatic nitrogens is 4. The van der Waals surface area contributed by atoms with Crippen molar-refractivity contribution in [1.29, 1.82) is 0 Å². The molecule has 0 bridgehead atoms. The van der Waals surface area contributed by atoms with E-state index in [1.165, 1.54) is 0 Å². The van der Waals surface area contributed by atoms with Gasteiger partial charge in [0.1, 0.15) is 5.69 Å². The lowest BCUT2D eigenvalue weighted by molar-refractivity contribution is -0.192. The minimum absolute atomic E-state index is 0.0472. The first-order valence-corrected chi connectivity index (χ1v) is 11.6. The second-order valence-corrected chi connectivity index (χ2v) is 9.28. The van der Waals surface area contributed by atoms with Crippen molar-refractivity contribution < 1.29 is 32.6 Å². The number of hydrogen-bond acceptors (Lipinski definition) is 6. The average molecular weight is 518 g/mol. The number of carbonyl (C=O) groups is 2.